The summed E-state index contributed by atoms with van der Waals surface area (Å²) in [5.74, 6) is 0.994. The first kappa shape index (κ1) is 25.8. The van der Waals surface area contributed by atoms with Gasteiger partial charge in [0.15, 0.2) is 11.5 Å². The molecule has 0 radical (unpaired) electrons. The Morgan fingerprint density at radius 1 is 1.03 bits per heavy atom. The Morgan fingerprint density at radius 3 is 2.16 bits per heavy atom. The van der Waals surface area contributed by atoms with Crippen molar-refractivity contribution in [2.45, 2.75) is 39.5 Å². The van der Waals surface area contributed by atoms with Crippen LogP contribution in [-0.4, -0.2) is 71.4 Å². The number of carbonyl (C=O) groups excluding carboxylic acids is 2. The van der Waals surface area contributed by atoms with Crippen molar-refractivity contribution in [3.63, 3.8) is 0 Å². The van der Waals surface area contributed by atoms with Crippen molar-refractivity contribution in [3.05, 3.63) is 17.7 Å². The highest BCUT2D eigenvalue weighted by atomic mass is 16.5. The van der Waals surface area contributed by atoms with Gasteiger partial charge in [-0.15, -0.1) is 0 Å². The molecule has 1 N–H and O–H groups in total. The first-order valence-electron chi connectivity index (χ1n) is 11.0. The van der Waals surface area contributed by atoms with Crippen LogP contribution >= 0.6 is 0 Å². The number of nitrogens with one attached hydrogen (secondary N) is 1. The molecule has 8 heteroatoms. The van der Waals surface area contributed by atoms with E-state index in [1.807, 2.05) is 32.9 Å². The van der Waals surface area contributed by atoms with E-state index in [1.54, 1.807) is 33.3 Å². The quantitative estimate of drug-likeness (QED) is 0.552. The lowest BCUT2D eigenvalue weighted by Gasteiger charge is -2.23. The van der Waals surface area contributed by atoms with Crippen molar-refractivity contribution in [1.82, 2.24) is 10.2 Å². The fourth-order valence-corrected chi connectivity index (χ4v) is 4.05. The lowest BCUT2D eigenvalue weighted by atomic mass is 9.88. The number of likely N-dealkylation sites (tertiary alicyclic amines) is 1. The molecule has 1 fully saturated rings. The third-order valence-corrected chi connectivity index (χ3v) is 5.63. The Balaban J connectivity index is 2.34. The van der Waals surface area contributed by atoms with E-state index in [9.17, 15) is 9.59 Å². The molecule has 1 aliphatic rings. The molecule has 0 aliphatic carbocycles. The van der Waals surface area contributed by atoms with Crippen LogP contribution in [0.2, 0.25) is 0 Å². The van der Waals surface area contributed by atoms with E-state index in [4.69, 9.17) is 18.9 Å². The molecule has 0 bridgehead atoms. The molecule has 0 aromatic heterocycles. The summed E-state index contributed by atoms with van der Waals surface area (Å²) < 4.78 is 21.5. The van der Waals surface area contributed by atoms with Crippen LogP contribution < -0.4 is 19.5 Å². The molecule has 8 nitrogen and oxygen atoms in total. The maximum absolute atomic E-state index is 13.1. The second-order valence-electron chi connectivity index (χ2n) is 9.35. The molecule has 2 rings (SSSR count). The SMILES string of the molecule is COCCCNC(=O)[C@H]1CN(C(=O)CC(C)(C)C)C[C@@H]1c1cc(OC)c(OC)c(OC)c1. The van der Waals surface area contributed by atoms with Crippen LogP contribution in [0.15, 0.2) is 12.1 Å². The second-order valence-corrected chi connectivity index (χ2v) is 9.35. The van der Waals surface area contributed by atoms with Gasteiger partial charge in [0.2, 0.25) is 17.6 Å². The van der Waals surface area contributed by atoms with Gasteiger partial charge in [0.25, 0.3) is 0 Å². The largest absolute Gasteiger partial charge is 0.493 e. The van der Waals surface area contributed by atoms with Crippen LogP contribution in [0.4, 0.5) is 0 Å². The molecule has 0 saturated carbocycles. The molecular weight excluding hydrogens is 412 g/mol. The van der Waals surface area contributed by atoms with E-state index in [0.717, 1.165) is 12.0 Å². The smallest absolute Gasteiger partial charge is 0.225 e. The van der Waals surface area contributed by atoms with E-state index >= 15 is 0 Å². The van der Waals surface area contributed by atoms with Gasteiger partial charge in [-0.1, -0.05) is 20.8 Å². The van der Waals surface area contributed by atoms with Crippen molar-refractivity contribution in [3.8, 4) is 17.2 Å². The van der Waals surface area contributed by atoms with Gasteiger partial charge in [-0.25, -0.2) is 0 Å². The summed E-state index contributed by atoms with van der Waals surface area (Å²) in [7, 11) is 6.32. The minimum absolute atomic E-state index is 0.0598. The molecule has 0 spiro atoms. The number of methoxy groups -OCH3 is 4. The molecule has 0 unspecified atom stereocenters. The normalized spacial score (nSPS) is 18.4. The number of hydrogen-bond donors (Lipinski definition) is 1. The minimum Gasteiger partial charge on any atom is -0.493 e. The van der Waals surface area contributed by atoms with E-state index in [-0.39, 0.29) is 29.1 Å². The van der Waals surface area contributed by atoms with Crippen LogP contribution in [0.3, 0.4) is 0 Å². The molecule has 1 saturated heterocycles. The second kappa shape index (κ2) is 11.4. The van der Waals surface area contributed by atoms with Crippen LogP contribution in [0.5, 0.6) is 17.2 Å². The monoisotopic (exact) mass is 450 g/mol. The number of hydrogen-bond acceptors (Lipinski definition) is 6. The number of amides is 2. The van der Waals surface area contributed by atoms with Crippen molar-refractivity contribution >= 4 is 11.8 Å². The summed E-state index contributed by atoms with van der Waals surface area (Å²) in [5, 5.41) is 3.00. The molecule has 1 heterocycles. The van der Waals surface area contributed by atoms with E-state index < -0.39 is 0 Å². The number of carbonyl (C=O) groups is 2. The number of benzene rings is 1. The summed E-state index contributed by atoms with van der Waals surface area (Å²) in [6, 6.07) is 3.74. The molecule has 32 heavy (non-hydrogen) atoms. The van der Waals surface area contributed by atoms with Crippen molar-refractivity contribution in [1.29, 1.82) is 0 Å². The molecule has 1 aromatic carbocycles. The molecule has 1 aromatic rings. The Morgan fingerprint density at radius 2 is 1.66 bits per heavy atom. The topological polar surface area (TPSA) is 86.3 Å². The lowest BCUT2D eigenvalue weighted by Crippen LogP contribution is -2.36. The maximum atomic E-state index is 13.1. The summed E-state index contributed by atoms with van der Waals surface area (Å²) in [5.41, 5.74) is 0.752. The highest BCUT2D eigenvalue weighted by molar-refractivity contribution is 5.83. The Hall–Kier alpha value is -2.48. The zero-order valence-corrected chi connectivity index (χ0v) is 20.4. The molecule has 1 aliphatic heterocycles. The lowest BCUT2D eigenvalue weighted by molar-refractivity contribution is -0.132. The van der Waals surface area contributed by atoms with Crippen LogP contribution in [0.1, 0.15) is 45.1 Å². The van der Waals surface area contributed by atoms with Crippen LogP contribution in [0, 0.1) is 11.3 Å². The minimum atomic E-state index is -0.371. The Bertz CT molecular complexity index is 764. The first-order chi connectivity index (χ1) is 15.1. The average Bonchev–Trinajstić information content (AvgIpc) is 3.20. The van der Waals surface area contributed by atoms with Gasteiger partial charge in [-0.2, -0.15) is 0 Å². The Labute approximate surface area is 191 Å². The van der Waals surface area contributed by atoms with Gasteiger partial charge in [-0.3, -0.25) is 9.59 Å². The predicted molar refractivity (Wildman–Crippen MR) is 122 cm³/mol. The summed E-state index contributed by atoms with van der Waals surface area (Å²) in [6.07, 6.45) is 1.16. The number of ether oxygens (including phenoxy) is 4. The van der Waals surface area contributed by atoms with Gasteiger partial charge in [0.05, 0.1) is 27.2 Å². The predicted octanol–water partition coefficient (Wildman–Crippen LogP) is 2.84. The van der Waals surface area contributed by atoms with E-state index in [0.29, 0.717) is 49.9 Å². The van der Waals surface area contributed by atoms with Crippen molar-refractivity contribution in [2.24, 2.45) is 11.3 Å². The zero-order valence-electron chi connectivity index (χ0n) is 20.4. The number of rotatable bonds is 10. The summed E-state index contributed by atoms with van der Waals surface area (Å²) in [4.78, 5) is 27.9. The fraction of sp³-hybridized carbons (Fsp3) is 0.667. The van der Waals surface area contributed by atoms with Crippen LogP contribution in [-0.2, 0) is 14.3 Å². The average molecular weight is 451 g/mol. The molecular formula is C24H38N2O6. The van der Waals surface area contributed by atoms with Gasteiger partial charge in [0, 0.05) is 45.7 Å². The first-order valence-corrected chi connectivity index (χ1v) is 11.0. The van der Waals surface area contributed by atoms with E-state index in [1.165, 1.54) is 0 Å². The van der Waals surface area contributed by atoms with Gasteiger partial charge < -0.3 is 29.2 Å². The van der Waals surface area contributed by atoms with Gasteiger partial charge in [-0.05, 0) is 29.5 Å². The maximum Gasteiger partial charge on any atom is 0.225 e. The zero-order chi connectivity index (χ0) is 23.9. The third-order valence-electron chi connectivity index (χ3n) is 5.63. The fourth-order valence-electron chi connectivity index (χ4n) is 4.05. The summed E-state index contributed by atoms with van der Waals surface area (Å²) in [6.45, 7) is 8.07. The Kier molecular flexibility index (Phi) is 9.19. The molecule has 2 atom stereocenters. The van der Waals surface area contributed by atoms with Crippen molar-refractivity contribution in [2.75, 3.05) is 54.7 Å². The van der Waals surface area contributed by atoms with Gasteiger partial charge >= 0.3 is 0 Å². The molecule has 180 valence electrons. The van der Waals surface area contributed by atoms with Crippen molar-refractivity contribution < 1.29 is 28.5 Å². The van der Waals surface area contributed by atoms with Gasteiger partial charge in [0.1, 0.15) is 0 Å². The highest BCUT2D eigenvalue weighted by Crippen LogP contribution is 2.43. The standard InChI is InChI=1S/C24H38N2O6/c1-24(2,3)13-21(27)26-14-17(18(15-26)23(28)25-9-8-10-29-4)16-11-19(30-5)22(32-7)20(12-16)31-6/h11-12,17-18H,8-10,13-15H2,1-7H3,(H,25,28)/t17-,18+/m1/s1. The number of nitrogens with zero attached hydrogens (tertiary/aromatic N) is 1. The third kappa shape index (κ3) is 6.51. The van der Waals surface area contributed by atoms with E-state index in [2.05, 4.69) is 5.32 Å². The molecule has 2 amide bonds. The highest BCUT2D eigenvalue weighted by Gasteiger charge is 2.41. The summed E-state index contributed by atoms with van der Waals surface area (Å²) >= 11 is 0. The van der Waals surface area contributed by atoms with Crippen LogP contribution in [0.25, 0.3) is 0 Å².